The van der Waals surface area contributed by atoms with Gasteiger partial charge in [-0.1, -0.05) is 12.1 Å². The van der Waals surface area contributed by atoms with E-state index in [2.05, 4.69) is 4.72 Å². The summed E-state index contributed by atoms with van der Waals surface area (Å²) in [6.07, 6.45) is 3.23. The number of amides is 1. The van der Waals surface area contributed by atoms with Crippen LogP contribution in [0, 0.1) is 17.7 Å². The maximum Gasteiger partial charge on any atom is 0.279 e. The molecule has 1 aromatic rings. The van der Waals surface area contributed by atoms with E-state index >= 15 is 0 Å². The lowest BCUT2D eigenvalue weighted by Crippen LogP contribution is -2.56. The number of benzene rings is 1. The Kier molecular flexibility index (Phi) is 8.87. The van der Waals surface area contributed by atoms with Crippen molar-refractivity contribution in [3.8, 4) is 0 Å². The van der Waals surface area contributed by atoms with Gasteiger partial charge >= 0.3 is 0 Å². The third-order valence-corrected chi connectivity index (χ3v) is 9.68. The zero-order valence-corrected chi connectivity index (χ0v) is 22.4. The van der Waals surface area contributed by atoms with Gasteiger partial charge in [0.2, 0.25) is 11.8 Å². The van der Waals surface area contributed by atoms with E-state index in [1.54, 1.807) is 17.0 Å². The number of ether oxygens (including phenoxy) is 1. The first-order valence-electron chi connectivity index (χ1n) is 13.2. The van der Waals surface area contributed by atoms with E-state index < -0.39 is 34.5 Å². The fourth-order valence-corrected chi connectivity index (χ4v) is 6.76. The molecule has 1 aromatic carbocycles. The highest BCUT2D eigenvalue weighted by atomic mass is 32.2. The van der Waals surface area contributed by atoms with Crippen LogP contribution >= 0.6 is 0 Å². The standard InChI is InChI=1S/C26H38F3N3O4S/c1-31(2)37(34,35)30-24-11-13-32(25(33)20-10-12-26(28,29)15-20)16-21(24)17-36-23-8-6-18(7-9-23)19-4-3-5-22(27)14-19/h3-5,14,18,20-21,23-24,30H,6-13,15-17H2,1-2H3/t18?,20?,21?,23?,24-/m0/s1. The van der Waals surface area contributed by atoms with Gasteiger partial charge in [0.25, 0.3) is 10.2 Å². The number of halogens is 3. The van der Waals surface area contributed by atoms with Crippen LogP contribution in [0.5, 0.6) is 0 Å². The lowest BCUT2D eigenvalue weighted by atomic mass is 9.82. The van der Waals surface area contributed by atoms with Crippen molar-refractivity contribution in [1.29, 1.82) is 0 Å². The van der Waals surface area contributed by atoms with Gasteiger partial charge < -0.3 is 9.64 Å². The van der Waals surface area contributed by atoms with Crippen LogP contribution < -0.4 is 4.72 Å². The molecule has 1 aliphatic heterocycles. The normalized spacial score (nSPS) is 30.5. The van der Waals surface area contributed by atoms with Crippen LogP contribution in [-0.4, -0.2) is 75.4 Å². The number of hydrogen-bond donors (Lipinski definition) is 1. The molecule has 208 valence electrons. The highest BCUT2D eigenvalue weighted by Crippen LogP contribution is 2.40. The van der Waals surface area contributed by atoms with E-state index in [-0.39, 0.29) is 55.7 Å². The van der Waals surface area contributed by atoms with Gasteiger partial charge in [0, 0.05) is 57.9 Å². The fourth-order valence-electron chi connectivity index (χ4n) is 5.86. The molecule has 0 bridgehead atoms. The van der Waals surface area contributed by atoms with Crippen molar-refractivity contribution in [2.45, 2.75) is 75.4 Å². The highest BCUT2D eigenvalue weighted by Gasteiger charge is 2.45. The van der Waals surface area contributed by atoms with Gasteiger partial charge in [0.05, 0.1) is 12.7 Å². The first-order chi connectivity index (χ1) is 17.4. The minimum Gasteiger partial charge on any atom is -0.378 e. The average Bonchev–Trinajstić information content (AvgIpc) is 3.22. The maximum atomic E-state index is 13.7. The second-order valence-corrected chi connectivity index (χ2v) is 12.9. The van der Waals surface area contributed by atoms with Crippen LogP contribution in [0.4, 0.5) is 13.2 Å². The molecule has 0 radical (unpaired) electrons. The second kappa shape index (κ2) is 11.6. The number of rotatable bonds is 8. The van der Waals surface area contributed by atoms with Crippen molar-refractivity contribution in [3.05, 3.63) is 35.6 Å². The number of hydrogen-bond acceptors (Lipinski definition) is 4. The summed E-state index contributed by atoms with van der Waals surface area (Å²) >= 11 is 0. The van der Waals surface area contributed by atoms with Gasteiger partial charge in [-0.25, -0.2) is 13.2 Å². The molecule has 2 unspecified atom stereocenters. The minimum absolute atomic E-state index is 0.00415. The molecule has 7 nitrogen and oxygen atoms in total. The lowest BCUT2D eigenvalue weighted by molar-refractivity contribution is -0.139. The Morgan fingerprint density at radius 3 is 2.51 bits per heavy atom. The molecule has 1 heterocycles. The molecule has 0 spiro atoms. The van der Waals surface area contributed by atoms with Gasteiger partial charge in [-0.15, -0.1) is 0 Å². The van der Waals surface area contributed by atoms with Crippen molar-refractivity contribution in [1.82, 2.24) is 13.9 Å². The highest BCUT2D eigenvalue weighted by molar-refractivity contribution is 7.87. The molecule has 1 amide bonds. The lowest BCUT2D eigenvalue weighted by Gasteiger charge is -2.40. The minimum atomic E-state index is -3.69. The Morgan fingerprint density at radius 1 is 1.16 bits per heavy atom. The van der Waals surface area contributed by atoms with E-state index in [4.69, 9.17) is 4.74 Å². The molecule has 1 N–H and O–H groups in total. The van der Waals surface area contributed by atoms with Gasteiger partial charge in [-0.3, -0.25) is 4.79 Å². The quantitative estimate of drug-likeness (QED) is 0.537. The molecule has 37 heavy (non-hydrogen) atoms. The van der Waals surface area contributed by atoms with Crippen molar-refractivity contribution in [2.75, 3.05) is 33.8 Å². The van der Waals surface area contributed by atoms with Crippen LogP contribution in [0.25, 0.3) is 0 Å². The molecular formula is C26H38F3N3O4S. The number of nitrogens with zero attached hydrogens (tertiary/aromatic N) is 2. The summed E-state index contributed by atoms with van der Waals surface area (Å²) in [7, 11) is -0.793. The zero-order chi connectivity index (χ0) is 26.8. The first kappa shape index (κ1) is 28.3. The summed E-state index contributed by atoms with van der Waals surface area (Å²) in [5.74, 6) is -4.01. The number of carbonyl (C=O) groups excluding carboxylic acids is 1. The summed E-state index contributed by atoms with van der Waals surface area (Å²) in [5, 5.41) is 0. The maximum absolute atomic E-state index is 13.7. The first-order valence-corrected chi connectivity index (χ1v) is 14.6. The summed E-state index contributed by atoms with van der Waals surface area (Å²) < 4.78 is 76.2. The Hall–Kier alpha value is -1.69. The van der Waals surface area contributed by atoms with Gasteiger partial charge in [-0.2, -0.15) is 17.4 Å². The van der Waals surface area contributed by atoms with Crippen LogP contribution in [-0.2, 0) is 19.7 Å². The second-order valence-electron chi connectivity index (χ2n) is 11.0. The van der Waals surface area contributed by atoms with E-state index in [1.165, 1.54) is 20.2 Å². The van der Waals surface area contributed by atoms with Crippen LogP contribution in [0.1, 0.15) is 62.8 Å². The fraction of sp³-hybridized carbons (Fsp3) is 0.731. The number of piperidine rings is 1. The summed E-state index contributed by atoms with van der Waals surface area (Å²) in [4.78, 5) is 14.6. The Balaban J connectivity index is 1.36. The predicted octanol–water partition coefficient (Wildman–Crippen LogP) is 3.92. The van der Waals surface area contributed by atoms with Crippen LogP contribution in [0.2, 0.25) is 0 Å². The predicted molar refractivity (Wildman–Crippen MR) is 134 cm³/mol. The third-order valence-electron chi connectivity index (χ3n) is 8.12. The monoisotopic (exact) mass is 545 g/mol. The Labute approximate surface area is 217 Å². The molecular weight excluding hydrogens is 507 g/mol. The van der Waals surface area contributed by atoms with Gasteiger partial charge in [-0.05, 0) is 62.1 Å². The van der Waals surface area contributed by atoms with Gasteiger partial charge in [0.15, 0.2) is 0 Å². The Bertz CT molecular complexity index is 1050. The smallest absolute Gasteiger partial charge is 0.279 e. The van der Waals surface area contributed by atoms with E-state index in [1.807, 2.05) is 6.07 Å². The van der Waals surface area contributed by atoms with E-state index in [0.29, 0.717) is 13.0 Å². The topological polar surface area (TPSA) is 79.0 Å². The number of alkyl halides is 2. The molecule has 2 saturated carbocycles. The van der Waals surface area contributed by atoms with Crippen molar-refractivity contribution < 1.29 is 31.1 Å². The average molecular weight is 546 g/mol. The van der Waals surface area contributed by atoms with Crippen LogP contribution in [0.15, 0.2) is 24.3 Å². The largest absolute Gasteiger partial charge is 0.378 e. The molecule has 3 aliphatic rings. The van der Waals surface area contributed by atoms with Crippen molar-refractivity contribution >= 4 is 16.1 Å². The molecule has 3 atom stereocenters. The number of carbonyl (C=O) groups is 1. The molecule has 0 aromatic heterocycles. The van der Waals surface area contributed by atoms with Crippen LogP contribution in [0.3, 0.4) is 0 Å². The van der Waals surface area contributed by atoms with Gasteiger partial charge in [0.1, 0.15) is 5.82 Å². The summed E-state index contributed by atoms with van der Waals surface area (Å²) in [5.41, 5.74) is 0.996. The molecule has 1 saturated heterocycles. The molecule has 11 heteroatoms. The van der Waals surface area contributed by atoms with Crippen molar-refractivity contribution in [3.63, 3.8) is 0 Å². The summed E-state index contributed by atoms with van der Waals surface area (Å²) in [6, 6.07) is 6.27. The number of nitrogens with one attached hydrogen (secondary N) is 1. The molecule has 4 rings (SSSR count). The summed E-state index contributed by atoms with van der Waals surface area (Å²) in [6.45, 7) is 0.845. The van der Waals surface area contributed by atoms with Crippen molar-refractivity contribution in [2.24, 2.45) is 11.8 Å². The van der Waals surface area contributed by atoms with E-state index in [0.717, 1.165) is 35.6 Å². The Morgan fingerprint density at radius 2 is 1.89 bits per heavy atom. The molecule has 3 fully saturated rings. The number of likely N-dealkylation sites (tertiary alicyclic amines) is 1. The SMILES string of the molecule is CN(C)S(=O)(=O)N[C@H]1CCN(C(=O)C2CCC(F)(F)C2)CC1COC1CCC(c2cccc(F)c2)CC1. The van der Waals surface area contributed by atoms with E-state index in [9.17, 15) is 26.4 Å². The third kappa shape index (κ3) is 7.25. The molecule has 2 aliphatic carbocycles. The zero-order valence-electron chi connectivity index (χ0n) is 21.5.